The highest BCUT2D eigenvalue weighted by Crippen LogP contribution is 2.51. The maximum Gasteiger partial charge on any atom is 0.146 e. The molecule has 13 aromatic rings. The van der Waals surface area contributed by atoms with E-state index in [-0.39, 0.29) is 10.8 Å². The van der Waals surface area contributed by atoms with E-state index >= 15 is 0 Å². The minimum absolute atomic E-state index is 0.0495. The van der Waals surface area contributed by atoms with Gasteiger partial charge in [0.15, 0.2) is 0 Å². The smallest absolute Gasteiger partial charge is 0.146 e. The Morgan fingerprint density at radius 3 is 1.62 bits per heavy atom. The molecule has 0 aliphatic rings. The van der Waals surface area contributed by atoms with Crippen LogP contribution in [0.3, 0.4) is 0 Å². The topological polar surface area (TPSA) is 24.9 Å². The molecule has 4 nitrogen and oxygen atoms in total. The van der Waals surface area contributed by atoms with Crippen LogP contribution in [0.25, 0.3) is 98.0 Å². The van der Waals surface area contributed by atoms with Gasteiger partial charge in [-0.15, -0.1) is 0 Å². The van der Waals surface area contributed by atoms with Crippen LogP contribution in [0.5, 0.6) is 0 Å². The van der Waals surface area contributed by atoms with Crippen molar-refractivity contribution in [3.05, 3.63) is 169 Å². The summed E-state index contributed by atoms with van der Waals surface area (Å²) in [7, 11) is 0. The minimum Gasteiger partial charge on any atom is -0.308 e. The van der Waals surface area contributed by atoms with Gasteiger partial charge in [-0.3, -0.25) is 4.40 Å². The predicted molar refractivity (Wildman–Crippen MR) is 261 cm³/mol. The van der Waals surface area contributed by atoms with Crippen LogP contribution in [0.2, 0.25) is 0 Å². The Balaban J connectivity index is 1.29. The third kappa shape index (κ3) is 4.62. The van der Waals surface area contributed by atoms with Crippen molar-refractivity contribution in [1.82, 2.24) is 13.8 Å². The third-order valence-corrected chi connectivity index (χ3v) is 13.6. The van der Waals surface area contributed by atoms with Gasteiger partial charge < -0.3 is 9.30 Å². The van der Waals surface area contributed by atoms with Crippen LogP contribution in [-0.4, -0.2) is 13.8 Å². The Morgan fingerprint density at radius 2 is 0.951 bits per heavy atom. The summed E-state index contributed by atoms with van der Waals surface area (Å²) in [6.07, 6.45) is 0. The largest absolute Gasteiger partial charge is 0.308 e. The van der Waals surface area contributed by atoms with Crippen LogP contribution < -0.4 is 4.90 Å². The second-order valence-electron chi connectivity index (χ2n) is 19.3. The van der Waals surface area contributed by atoms with Gasteiger partial charge in [-0.2, -0.15) is 0 Å². The van der Waals surface area contributed by atoms with Gasteiger partial charge in [0.1, 0.15) is 5.65 Å². The molecule has 0 amide bonds. The average molecular weight is 785 g/mol. The molecule has 0 aliphatic carbocycles. The van der Waals surface area contributed by atoms with E-state index < -0.39 is 0 Å². The SMILES string of the molecule is CC(C)(C)c1cc2c3cc4c(nc3n3c5c(N(c6ccccc6)c6ccccc6)cc6ccccc6c5c(c1)c23)c1cc(C(C)(C)C)cc2c3ccc5ccccc5c3n4c21. The fourth-order valence-corrected chi connectivity index (χ4v) is 10.6. The quantitative estimate of drug-likeness (QED) is 0.178. The van der Waals surface area contributed by atoms with Crippen LogP contribution in [0.1, 0.15) is 52.7 Å². The van der Waals surface area contributed by atoms with Gasteiger partial charge in [0.2, 0.25) is 0 Å². The van der Waals surface area contributed by atoms with Gasteiger partial charge in [-0.25, -0.2) is 4.98 Å². The zero-order valence-electron chi connectivity index (χ0n) is 35.3. The molecule has 0 saturated carbocycles. The van der Waals surface area contributed by atoms with Gasteiger partial charge in [-0.05, 0) is 98.8 Å². The molecule has 5 heterocycles. The van der Waals surface area contributed by atoms with Crippen LogP contribution in [-0.2, 0) is 10.8 Å². The highest BCUT2D eigenvalue weighted by molar-refractivity contribution is 6.33. The number of aromatic nitrogens is 3. The number of anilines is 3. The van der Waals surface area contributed by atoms with Gasteiger partial charge in [0.05, 0.1) is 38.8 Å². The van der Waals surface area contributed by atoms with E-state index in [1.165, 1.54) is 92.4 Å². The van der Waals surface area contributed by atoms with E-state index in [4.69, 9.17) is 4.98 Å². The van der Waals surface area contributed by atoms with Crippen LogP contribution in [0.15, 0.2) is 158 Å². The summed E-state index contributed by atoms with van der Waals surface area (Å²) in [5, 5.41) is 13.7. The highest BCUT2D eigenvalue weighted by atomic mass is 15.2. The zero-order valence-corrected chi connectivity index (χ0v) is 35.3. The van der Waals surface area contributed by atoms with Crippen LogP contribution in [0, 0.1) is 0 Å². The molecule has 8 aromatic carbocycles. The predicted octanol–water partition coefficient (Wildman–Crippen LogP) is 15.8. The van der Waals surface area contributed by atoms with Crippen molar-refractivity contribution in [2.75, 3.05) is 4.90 Å². The Morgan fingerprint density at radius 1 is 0.410 bits per heavy atom. The molecule has 0 aliphatic heterocycles. The lowest BCUT2D eigenvalue weighted by molar-refractivity contribution is 0.591. The van der Waals surface area contributed by atoms with Crippen LogP contribution >= 0.6 is 0 Å². The number of hydrogen-bond donors (Lipinski definition) is 0. The van der Waals surface area contributed by atoms with Crippen molar-refractivity contribution < 1.29 is 0 Å². The second kappa shape index (κ2) is 11.8. The number of nitrogens with zero attached hydrogens (tertiary/aromatic N) is 4. The lowest BCUT2D eigenvalue weighted by Gasteiger charge is -2.27. The number of para-hydroxylation sites is 2. The zero-order chi connectivity index (χ0) is 41.1. The number of hydrogen-bond acceptors (Lipinski definition) is 2. The molecule has 0 N–H and O–H groups in total. The lowest BCUT2D eigenvalue weighted by atomic mass is 9.85. The van der Waals surface area contributed by atoms with E-state index in [0.717, 1.165) is 33.7 Å². The summed E-state index contributed by atoms with van der Waals surface area (Å²) in [5.41, 5.74) is 13.9. The molecular weight excluding hydrogens is 741 g/mol. The molecule has 0 radical (unpaired) electrons. The van der Waals surface area contributed by atoms with Crippen molar-refractivity contribution in [2.45, 2.75) is 52.4 Å². The average Bonchev–Trinajstić information content (AvgIpc) is 3.99. The number of pyridine rings is 1. The Labute approximate surface area is 353 Å². The Hall–Kier alpha value is -7.17. The summed E-state index contributed by atoms with van der Waals surface area (Å²) >= 11 is 0. The van der Waals surface area contributed by atoms with Gasteiger partial charge >= 0.3 is 0 Å². The van der Waals surface area contributed by atoms with Crippen molar-refractivity contribution in [3.8, 4) is 0 Å². The fourth-order valence-electron chi connectivity index (χ4n) is 10.6. The number of fused-ring (bicyclic) bond motifs is 16. The molecular formula is C57H44N4. The monoisotopic (exact) mass is 784 g/mol. The first kappa shape index (κ1) is 34.7. The summed E-state index contributed by atoms with van der Waals surface area (Å²) in [5.74, 6) is 0. The first-order valence-electron chi connectivity index (χ1n) is 21.6. The normalized spacial score (nSPS) is 13.1. The lowest BCUT2D eigenvalue weighted by Crippen LogP contribution is -2.11. The van der Waals surface area contributed by atoms with Crippen LogP contribution in [0.4, 0.5) is 17.1 Å². The standard InChI is InChI=1S/C57H44N4/c1-56(2,3)35-29-43-44-32-47-50(46-31-36(57(4,5)6)28-42-41-26-25-33-17-13-16-24-40(33)51(41)60(47)53(42)46)58-55(44)61-52(43)45(30-35)49-39-23-15-14-18-34(39)27-48(54(49)61)59(37-19-9-7-10-20-37)38-21-11-8-12-22-38/h7-32H,1-6H3. The van der Waals surface area contributed by atoms with Crippen molar-refractivity contribution in [3.63, 3.8) is 0 Å². The van der Waals surface area contributed by atoms with Gasteiger partial charge in [0.25, 0.3) is 0 Å². The number of rotatable bonds is 3. The third-order valence-electron chi connectivity index (χ3n) is 13.6. The summed E-state index contributed by atoms with van der Waals surface area (Å²) in [4.78, 5) is 8.40. The molecule has 0 fully saturated rings. The van der Waals surface area contributed by atoms with Gasteiger partial charge in [-0.1, -0.05) is 139 Å². The minimum atomic E-state index is -0.0825. The van der Waals surface area contributed by atoms with Crippen molar-refractivity contribution >= 4 is 115 Å². The molecule has 0 spiro atoms. The number of benzene rings is 8. The first-order valence-corrected chi connectivity index (χ1v) is 21.6. The molecule has 13 rings (SSSR count). The fraction of sp³-hybridized carbons (Fsp3) is 0.140. The molecule has 292 valence electrons. The first-order chi connectivity index (χ1) is 29.5. The molecule has 4 heteroatoms. The second-order valence-corrected chi connectivity index (χ2v) is 19.3. The van der Waals surface area contributed by atoms with Crippen molar-refractivity contribution in [2.24, 2.45) is 0 Å². The van der Waals surface area contributed by atoms with E-state index in [0.29, 0.717) is 0 Å². The Bertz CT molecular complexity index is 3890. The van der Waals surface area contributed by atoms with E-state index in [2.05, 4.69) is 213 Å². The van der Waals surface area contributed by atoms with Crippen molar-refractivity contribution in [1.29, 1.82) is 0 Å². The molecule has 0 saturated heterocycles. The van der Waals surface area contributed by atoms with E-state index in [1.807, 2.05) is 0 Å². The molecule has 5 aromatic heterocycles. The van der Waals surface area contributed by atoms with E-state index in [1.54, 1.807) is 0 Å². The summed E-state index contributed by atoms with van der Waals surface area (Å²) in [6.45, 7) is 14.0. The molecule has 61 heavy (non-hydrogen) atoms. The van der Waals surface area contributed by atoms with Gasteiger partial charge in [0, 0.05) is 54.5 Å². The van der Waals surface area contributed by atoms with E-state index in [9.17, 15) is 0 Å². The maximum absolute atomic E-state index is 5.96. The summed E-state index contributed by atoms with van der Waals surface area (Å²) < 4.78 is 5.06. The molecule has 0 bridgehead atoms. The maximum atomic E-state index is 5.96. The molecule has 0 unspecified atom stereocenters. The Kier molecular flexibility index (Phi) is 6.69. The highest BCUT2D eigenvalue weighted by Gasteiger charge is 2.30. The summed E-state index contributed by atoms with van der Waals surface area (Å²) in [6, 6.07) is 58.7. The molecule has 0 atom stereocenters.